The third kappa shape index (κ3) is 3.35. The third-order valence-corrected chi connectivity index (χ3v) is 4.41. The first kappa shape index (κ1) is 14.8. The van der Waals surface area contributed by atoms with Crippen molar-refractivity contribution in [3.8, 4) is 0 Å². The molecule has 2 aromatic rings. The molecule has 0 spiro atoms. The Labute approximate surface area is 133 Å². The first-order valence-electron chi connectivity index (χ1n) is 8.13. The van der Waals surface area contributed by atoms with Gasteiger partial charge in [0.15, 0.2) is 0 Å². The Bertz CT molecular complexity index is 603. The molecular weight excluding hydrogens is 270 g/mol. The number of hydrogen-bond donors (Lipinski definition) is 1. The van der Waals surface area contributed by atoms with Crippen LogP contribution in [0.4, 0.5) is 17.1 Å². The minimum Gasteiger partial charge on any atom is -0.397 e. The summed E-state index contributed by atoms with van der Waals surface area (Å²) < 4.78 is 0. The Balaban J connectivity index is 1.74. The second kappa shape index (κ2) is 6.73. The van der Waals surface area contributed by atoms with Gasteiger partial charge in [-0.2, -0.15) is 0 Å². The summed E-state index contributed by atoms with van der Waals surface area (Å²) in [6.45, 7) is 3.17. The van der Waals surface area contributed by atoms with E-state index in [0.29, 0.717) is 0 Å². The van der Waals surface area contributed by atoms with Crippen LogP contribution in [0.15, 0.2) is 48.5 Å². The Hall–Kier alpha value is -2.16. The molecule has 1 heterocycles. The number of rotatable bonds is 4. The second-order valence-corrected chi connectivity index (χ2v) is 6.13. The third-order valence-electron chi connectivity index (χ3n) is 4.41. The summed E-state index contributed by atoms with van der Waals surface area (Å²) >= 11 is 0. The molecule has 0 amide bonds. The topological polar surface area (TPSA) is 32.5 Å². The van der Waals surface area contributed by atoms with Crippen LogP contribution in [-0.2, 0) is 6.54 Å². The Morgan fingerprint density at radius 1 is 1.00 bits per heavy atom. The number of hydrogen-bond acceptors (Lipinski definition) is 3. The van der Waals surface area contributed by atoms with Crippen LogP contribution >= 0.6 is 0 Å². The summed E-state index contributed by atoms with van der Waals surface area (Å²) in [7, 11) is 2.10. The van der Waals surface area contributed by atoms with Crippen molar-refractivity contribution in [2.24, 2.45) is 0 Å². The Morgan fingerprint density at radius 2 is 1.73 bits per heavy atom. The molecule has 0 unspecified atom stereocenters. The van der Waals surface area contributed by atoms with E-state index in [1.54, 1.807) is 0 Å². The van der Waals surface area contributed by atoms with Gasteiger partial charge in [0.1, 0.15) is 0 Å². The van der Waals surface area contributed by atoms with Crippen LogP contribution in [0.3, 0.4) is 0 Å². The molecule has 0 radical (unpaired) electrons. The van der Waals surface area contributed by atoms with Crippen LogP contribution in [0.2, 0.25) is 0 Å². The molecule has 0 bridgehead atoms. The molecule has 3 nitrogen and oxygen atoms in total. The van der Waals surface area contributed by atoms with Crippen LogP contribution in [0.25, 0.3) is 0 Å². The highest BCUT2D eigenvalue weighted by Crippen LogP contribution is 2.30. The molecule has 116 valence electrons. The molecule has 3 rings (SSSR count). The van der Waals surface area contributed by atoms with Gasteiger partial charge < -0.3 is 15.5 Å². The van der Waals surface area contributed by atoms with Gasteiger partial charge in [-0.15, -0.1) is 0 Å². The van der Waals surface area contributed by atoms with Gasteiger partial charge in [0.05, 0.1) is 11.4 Å². The summed E-state index contributed by atoms with van der Waals surface area (Å²) in [4.78, 5) is 4.66. The van der Waals surface area contributed by atoms with Crippen molar-refractivity contribution < 1.29 is 0 Å². The molecule has 0 saturated carbocycles. The molecule has 1 aliphatic heterocycles. The highest BCUT2D eigenvalue weighted by Gasteiger charge is 2.13. The maximum atomic E-state index is 6.31. The molecule has 1 aliphatic rings. The van der Waals surface area contributed by atoms with Crippen LogP contribution in [0.1, 0.15) is 24.8 Å². The molecule has 2 N–H and O–H groups in total. The molecule has 0 atom stereocenters. The standard InChI is InChI=1S/C19H25N3/c1-21(15-16-8-4-2-5-9-16)19-11-10-17(14-18(19)20)22-12-6-3-7-13-22/h2,4-5,8-11,14H,3,6-7,12-13,15,20H2,1H3. The minimum absolute atomic E-state index is 0.863. The fourth-order valence-electron chi connectivity index (χ4n) is 3.18. The monoisotopic (exact) mass is 295 g/mol. The minimum atomic E-state index is 0.863. The van der Waals surface area contributed by atoms with Gasteiger partial charge in [-0.1, -0.05) is 30.3 Å². The van der Waals surface area contributed by atoms with Crippen LogP contribution in [0, 0.1) is 0 Å². The van der Waals surface area contributed by atoms with E-state index in [9.17, 15) is 0 Å². The molecule has 0 aromatic heterocycles. The van der Waals surface area contributed by atoms with Gasteiger partial charge in [0, 0.05) is 32.4 Å². The maximum absolute atomic E-state index is 6.31. The second-order valence-electron chi connectivity index (χ2n) is 6.13. The molecule has 0 aliphatic carbocycles. The van der Waals surface area contributed by atoms with Gasteiger partial charge in [-0.05, 0) is 43.0 Å². The summed E-state index contributed by atoms with van der Waals surface area (Å²) in [5.74, 6) is 0. The fourth-order valence-corrected chi connectivity index (χ4v) is 3.18. The van der Waals surface area contributed by atoms with E-state index in [0.717, 1.165) is 31.0 Å². The summed E-state index contributed by atoms with van der Waals surface area (Å²) in [5.41, 5.74) is 10.8. The summed E-state index contributed by atoms with van der Waals surface area (Å²) in [6, 6.07) is 17.0. The zero-order valence-electron chi connectivity index (χ0n) is 13.3. The predicted octanol–water partition coefficient (Wildman–Crippen LogP) is 3.90. The number of nitrogen functional groups attached to an aromatic ring is 1. The Kier molecular flexibility index (Phi) is 4.52. The van der Waals surface area contributed by atoms with Crippen molar-refractivity contribution >= 4 is 17.1 Å². The van der Waals surface area contributed by atoms with E-state index in [2.05, 4.69) is 59.3 Å². The van der Waals surface area contributed by atoms with Gasteiger partial charge >= 0.3 is 0 Å². The van der Waals surface area contributed by atoms with Gasteiger partial charge in [-0.25, -0.2) is 0 Å². The molecule has 3 heteroatoms. The summed E-state index contributed by atoms with van der Waals surface area (Å²) in [6.07, 6.45) is 3.93. The molecular formula is C19H25N3. The number of anilines is 3. The zero-order valence-corrected chi connectivity index (χ0v) is 13.3. The highest BCUT2D eigenvalue weighted by molar-refractivity contribution is 5.73. The molecule has 1 fully saturated rings. The smallest absolute Gasteiger partial charge is 0.0601 e. The van der Waals surface area contributed by atoms with Crippen molar-refractivity contribution in [3.63, 3.8) is 0 Å². The first-order valence-corrected chi connectivity index (χ1v) is 8.13. The number of nitrogens with zero attached hydrogens (tertiary/aromatic N) is 2. The first-order chi connectivity index (χ1) is 10.7. The van der Waals surface area contributed by atoms with Crippen molar-refractivity contribution in [2.45, 2.75) is 25.8 Å². The van der Waals surface area contributed by atoms with Crippen LogP contribution in [0.5, 0.6) is 0 Å². The van der Waals surface area contributed by atoms with Gasteiger partial charge in [-0.3, -0.25) is 0 Å². The largest absolute Gasteiger partial charge is 0.397 e. The van der Waals surface area contributed by atoms with E-state index < -0.39 is 0 Å². The van der Waals surface area contributed by atoms with Crippen molar-refractivity contribution in [1.82, 2.24) is 0 Å². The normalized spacial score (nSPS) is 14.9. The lowest BCUT2D eigenvalue weighted by Crippen LogP contribution is -2.29. The molecule has 2 aromatic carbocycles. The van der Waals surface area contributed by atoms with E-state index in [4.69, 9.17) is 5.73 Å². The number of benzene rings is 2. The highest BCUT2D eigenvalue weighted by atomic mass is 15.1. The van der Waals surface area contributed by atoms with E-state index in [1.807, 2.05) is 6.07 Å². The zero-order chi connectivity index (χ0) is 15.4. The van der Waals surface area contributed by atoms with Gasteiger partial charge in [0.2, 0.25) is 0 Å². The SMILES string of the molecule is CN(Cc1ccccc1)c1ccc(N2CCCCC2)cc1N. The lowest BCUT2D eigenvalue weighted by molar-refractivity contribution is 0.578. The van der Waals surface area contributed by atoms with E-state index >= 15 is 0 Å². The Morgan fingerprint density at radius 3 is 2.41 bits per heavy atom. The molecule has 1 saturated heterocycles. The quantitative estimate of drug-likeness (QED) is 0.868. The summed E-state index contributed by atoms with van der Waals surface area (Å²) in [5, 5.41) is 0. The van der Waals surface area contributed by atoms with Crippen LogP contribution in [-0.4, -0.2) is 20.1 Å². The maximum Gasteiger partial charge on any atom is 0.0601 e. The van der Waals surface area contributed by atoms with Crippen molar-refractivity contribution in [2.75, 3.05) is 35.7 Å². The van der Waals surface area contributed by atoms with Crippen molar-refractivity contribution in [3.05, 3.63) is 54.1 Å². The average molecular weight is 295 g/mol. The number of nitrogens with two attached hydrogens (primary N) is 1. The lowest BCUT2D eigenvalue weighted by Gasteiger charge is -2.30. The van der Waals surface area contributed by atoms with Crippen LogP contribution < -0.4 is 15.5 Å². The fraction of sp³-hybridized carbons (Fsp3) is 0.368. The predicted molar refractivity (Wildman–Crippen MR) is 95.5 cm³/mol. The van der Waals surface area contributed by atoms with Gasteiger partial charge in [0.25, 0.3) is 0 Å². The van der Waals surface area contributed by atoms with E-state index in [-0.39, 0.29) is 0 Å². The number of piperidine rings is 1. The molecule has 22 heavy (non-hydrogen) atoms. The van der Waals surface area contributed by atoms with E-state index in [1.165, 1.54) is 30.5 Å². The van der Waals surface area contributed by atoms with Crippen molar-refractivity contribution in [1.29, 1.82) is 0 Å². The average Bonchev–Trinajstić information content (AvgIpc) is 2.56. The lowest BCUT2D eigenvalue weighted by atomic mass is 10.1.